The number of nitrogens with one attached hydrogen (secondary N) is 1. The van der Waals surface area contributed by atoms with Gasteiger partial charge >= 0.3 is 0 Å². The fraction of sp³-hybridized carbons (Fsp3) is 1.00. The van der Waals surface area contributed by atoms with Crippen molar-refractivity contribution in [3.63, 3.8) is 0 Å². The molecule has 0 heterocycles. The average Bonchev–Trinajstić information content (AvgIpc) is 2.32. The van der Waals surface area contributed by atoms with Gasteiger partial charge in [0.15, 0.2) is 0 Å². The maximum atomic E-state index is 12.2. The molecule has 2 atom stereocenters. The van der Waals surface area contributed by atoms with Crippen molar-refractivity contribution in [2.24, 2.45) is 11.7 Å². The summed E-state index contributed by atoms with van der Waals surface area (Å²) >= 11 is 0. The van der Waals surface area contributed by atoms with Crippen LogP contribution in [0.5, 0.6) is 0 Å². The first kappa shape index (κ1) is 16.9. The monoisotopic (exact) mass is 290 g/mol. The third kappa shape index (κ3) is 6.23. The van der Waals surface area contributed by atoms with Crippen LogP contribution in [0.15, 0.2) is 0 Å². The maximum Gasteiger partial charge on any atom is 0.212 e. The van der Waals surface area contributed by atoms with Gasteiger partial charge in [-0.25, -0.2) is 13.1 Å². The normalized spacial score (nSPS) is 24.8. The second kappa shape index (κ2) is 8.22. The van der Waals surface area contributed by atoms with E-state index in [9.17, 15) is 8.42 Å². The number of hydrogen-bond acceptors (Lipinski definition) is 3. The summed E-state index contributed by atoms with van der Waals surface area (Å²) in [5.74, 6) is 0.546. The van der Waals surface area contributed by atoms with Gasteiger partial charge in [-0.3, -0.25) is 0 Å². The van der Waals surface area contributed by atoms with Crippen molar-refractivity contribution in [2.75, 3.05) is 5.75 Å². The van der Waals surface area contributed by atoms with Crippen molar-refractivity contribution in [1.82, 2.24) is 4.72 Å². The first-order valence-electron chi connectivity index (χ1n) is 7.74. The minimum absolute atomic E-state index is 0.0145. The Morgan fingerprint density at radius 3 is 2.26 bits per heavy atom. The van der Waals surface area contributed by atoms with Crippen molar-refractivity contribution in [2.45, 2.75) is 77.3 Å². The Kier molecular flexibility index (Phi) is 7.32. The van der Waals surface area contributed by atoms with Crippen molar-refractivity contribution in [1.29, 1.82) is 0 Å². The van der Waals surface area contributed by atoms with Gasteiger partial charge in [0.05, 0.1) is 5.75 Å². The SMILES string of the molecule is CCCC(CCC)CS(=O)(=O)NC1CCCCC1N. The molecule has 1 aliphatic carbocycles. The zero-order chi connectivity index (χ0) is 14.3. The van der Waals surface area contributed by atoms with Crippen LogP contribution >= 0.6 is 0 Å². The van der Waals surface area contributed by atoms with Gasteiger partial charge in [0, 0.05) is 12.1 Å². The molecule has 2 unspecified atom stereocenters. The Labute approximate surface area is 118 Å². The van der Waals surface area contributed by atoms with E-state index in [0.717, 1.165) is 51.4 Å². The first-order valence-corrected chi connectivity index (χ1v) is 9.39. The van der Waals surface area contributed by atoms with Crippen LogP contribution < -0.4 is 10.5 Å². The molecule has 19 heavy (non-hydrogen) atoms. The fourth-order valence-electron chi connectivity index (χ4n) is 3.02. The summed E-state index contributed by atoms with van der Waals surface area (Å²) in [7, 11) is -3.19. The lowest BCUT2D eigenvalue weighted by Gasteiger charge is -2.29. The molecule has 4 nitrogen and oxygen atoms in total. The van der Waals surface area contributed by atoms with Crippen LogP contribution in [0.25, 0.3) is 0 Å². The van der Waals surface area contributed by atoms with Crippen molar-refractivity contribution >= 4 is 10.0 Å². The van der Waals surface area contributed by atoms with E-state index in [1.54, 1.807) is 0 Å². The highest BCUT2D eigenvalue weighted by Crippen LogP contribution is 2.20. The second-order valence-corrected chi connectivity index (χ2v) is 7.70. The molecule has 1 aliphatic rings. The summed E-state index contributed by atoms with van der Waals surface area (Å²) in [5, 5.41) is 0. The summed E-state index contributed by atoms with van der Waals surface area (Å²) < 4.78 is 27.3. The second-order valence-electron chi connectivity index (χ2n) is 5.90. The highest BCUT2D eigenvalue weighted by molar-refractivity contribution is 7.89. The molecule has 0 aromatic carbocycles. The lowest BCUT2D eigenvalue weighted by atomic mass is 9.92. The third-order valence-corrected chi connectivity index (χ3v) is 5.57. The van der Waals surface area contributed by atoms with E-state index in [0.29, 0.717) is 0 Å². The molecule has 0 bridgehead atoms. The zero-order valence-corrected chi connectivity index (χ0v) is 13.2. The van der Waals surface area contributed by atoms with Crippen molar-refractivity contribution in [3.05, 3.63) is 0 Å². The number of rotatable bonds is 8. The molecule has 1 saturated carbocycles. The molecule has 0 aromatic rings. The summed E-state index contributed by atoms with van der Waals surface area (Å²) in [6.45, 7) is 4.22. The van der Waals surface area contributed by atoms with Crippen LogP contribution in [0.2, 0.25) is 0 Å². The van der Waals surface area contributed by atoms with Crippen LogP contribution in [-0.2, 0) is 10.0 Å². The molecule has 1 fully saturated rings. The van der Waals surface area contributed by atoms with Crippen molar-refractivity contribution in [3.8, 4) is 0 Å². The fourth-order valence-corrected chi connectivity index (χ4v) is 4.83. The van der Waals surface area contributed by atoms with Crippen LogP contribution in [0.4, 0.5) is 0 Å². The van der Waals surface area contributed by atoms with E-state index < -0.39 is 10.0 Å². The molecular weight excluding hydrogens is 260 g/mol. The first-order chi connectivity index (χ1) is 8.98. The summed E-state index contributed by atoms with van der Waals surface area (Å²) in [4.78, 5) is 0. The molecule has 0 aliphatic heterocycles. The molecular formula is C14H30N2O2S. The largest absolute Gasteiger partial charge is 0.326 e. The third-order valence-electron chi connectivity index (χ3n) is 4.00. The number of hydrogen-bond donors (Lipinski definition) is 2. The Balaban J connectivity index is 2.53. The quantitative estimate of drug-likeness (QED) is 0.721. The van der Waals surface area contributed by atoms with Crippen LogP contribution in [0, 0.1) is 5.92 Å². The Bertz CT molecular complexity index is 337. The highest BCUT2D eigenvalue weighted by atomic mass is 32.2. The lowest BCUT2D eigenvalue weighted by molar-refractivity contribution is 0.359. The minimum atomic E-state index is -3.19. The summed E-state index contributed by atoms with van der Waals surface area (Å²) in [5.41, 5.74) is 6.01. The Morgan fingerprint density at radius 1 is 1.16 bits per heavy atom. The predicted octanol–water partition coefficient (Wildman–Crippen LogP) is 2.39. The van der Waals surface area contributed by atoms with Gasteiger partial charge in [-0.2, -0.15) is 0 Å². The summed E-state index contributed by atoms with van der Waals surface area (Å²) in [6, 6.07) is -0.0676. The van der Waals surface area contributed by atoms with Crippen LogP contribution in [0.1, 0.15) is 65.2 Å². The van der Waals surface area contributed by atoms with E-state index >= 15 is 0 Å². The Morgan fingerprint density at radius 2 is 1.74 bits per heavy atom. The van der Waals surface area contributed by atoms with Crippen LogP contribution in [0.3, 0.4) is 0 Å². The summed E-state index contributed by atoms with van der Waals surface area (Å²) in [6.07, 6.45) is 8.08. The molecule has 3 N–H and O–H groups in total. The highest BCUT2D eigenvalue weighted by Gasteiger charge is 2.27. The molecule has 1 rings (SSSR count). The van der Waals surface area contributed by atoms with E-state index in [2.05, 4.69) is 18.6 Å². The topological polar surface area (TPSA) is 72.2 Å². The molecule has 0 aromatic heterocycles. The maximum absolute atomic E-state index is 12.2. The van der Waals surface area contributed by atoms with E-state index in [1.807, 2.05) is 0 Å². The molecule has 0 saturated heterocycles. The van der Waals surface area contributed by atoms with Gasteiger partial charge in [-0.1, -0.05) is 39.5 Å². The van der Waals surface area contributed by atoms with Gasteiger partial charge < -0.3 is 5.73 Å². The molecule has 0 spiro atoms. The van der Waals surface area contributed by atoms with E-state index in [4.69, 9.17) is 5.73 Å². The lowest BCUT2D eigenvalue weighted by Crippen LogP contribution is -2.50. The van der Waals surface area contributed by atoms with Crippen LogP contribution in [-0.4, -0.2) is 26.3 Å². The smallest absolute Gasteiger partial charge is 0.212 e. The van der Waals surface area contributed by atoms with E-state index in [-0.39, 0.29) is 23.8 Å². The van der Waals surface area contributed by atoms with Crippen molar-refractivity contribution < 1.29 is 8.42 Å². The number of nitrogens with two attached hydrogens (primary N) is 1. The molecule has 0 radical (unpaired) electrons. The minimum Gasteiger partial charge on any atom is -0.326 e. The van der Waals surface area contributed by atoms with Gasteiger partial charge in [0.25, 0.3) is 0 Å². The number of sulfonamides is 1. The predicted molar refractivity (Wildman–Crippen MR) is 80.5 cm³/mol. The van der Waals surface area contributed by atoms with Gasteiger partial charge in [-0.15, -0.1) is 0 Å². The van der Waals surface area contributed by atoms with Gasteiger partial charge in [0.2, 0.25) is 10.0 Å². The Hall–Kier alpha value is -0.130. The standard InChI is InChI=1S/C14H30N2O2S/c1-3-7-12(8-4-2)11-19(17,18)16-14-10-6-5-9-13(14)15/h12-14,16H,3-11,15H2,1-2H3. The molecule has 5 heteroatoms. The average molecular weight is 290 g/mol. The van der Waals surface area contributed by atoms with E-state index in [1.165, 1.54) is 0 Å². The molecule has 0 amide bonds. The molecule has 114 valence electrons. The van der Waals surface area contributed by atoms with Gasteiger partial charge in [0.1, 0.15) is 0 Å². The zero-order valence-electron chi connectivity index (χ0n) is 12.4. The van der Waals surface area contributed by atoms with Gasteiger partial charge in [-0.05, 0) is 31.6 Å².